The molecule has 0 saturated heterocycles. The quantitative estimate of drug-likeness (QED) is 0.307. The summed E-state index contributed by atoms with van der Waals surface area (Å²) < 4.78 is 10.4. The van der Waals surface area contributed by atoms with E-state index in [-0.39, 0.29) is 31.1 Å². The molecule has 0 spiro atoms. The number of hydrogen-bond donors (Lipinski definition) is 2. The molecule has 0 bridgehead atoms. The van der Waals surface area contributed by atoms with Gasteiger partial charge in [-0.3, -0.25) is 14.4 Å². The third kappa shape index (κ3) is 13.0. The highest BCUT2D eigenvalue weighted by atomic mass is 16.5. The number of carbonyl (C=O) groups excluding carboxylic acids is 3. The van der Waals surface area contributed by atoms with E-state index in [1.807, 2.05) is 0 Å². The number of nitrogens with one attached hydrogen (secondary N) is 1. The number of amides is 2. The van der Waals surface area contributed by atoms with Gasteiger partial charge in [0.25, 0.3) is 0 Å². The van der Waals surface area contributed by atoms with Crippen molar-refractivity contribution in [3.63, 3.8) is 0 Å². The molecule has 0 aromatic heterocycles. The Morgan fingerprint density at radius 2 is 1.72 bits per heavy atom. The predicted octanol–water partition coefficient (Wildman–Crippen LogP) is -0.173. The molecule has 25 heavy (non-hydrogen) atoms. The van der Waals surface area contributed by atoms with E-state index < -0.39 is 12.0 Å². The minimum atomic E-state index is -0.845. The molecule has 0 aromatic carbocycles. The Bertz CT molecular complexity index is 429. The Labute approximate surface area is 147 Å². The first-order valence-electron chi connectivity index (χ1n) is 8.23. The number of carbonyl (C=O) groups is 4. The van der Waals surface area contributed by atoms with Gasteiger partial charge in [0.1, 0.15) is 6.29 Å². The zero-order chi connectivity index (χ0) is 19.1. The van der Waals surface area contributed by atoms with Gasteiger partial charge in [-0.05, 0) is 13.3 Å². The van der Waals surface area contributed by atoms with Crippen molar-refractivity contribution in [2.45, 2.75) is 38.6 Å². The Morgan fingerprint density at radius 1 is 1.08 bits per heavy atom. The van der Waals surface area contributed by atoms with Gasteiger partial charge in [0, 0.05) is 39.5 Å². The molecule has 144 valence electrons. The maximum absolute atomic E-state index is 11.7. The van der Waals surface area contributed by atoms with Gasteiger partial charge >= 0.3 is 5.97 Å². The molecular formula is C16H28N2O7. The second-order valence-corrected chi connectivity index (χ2v) is 5.45. The summed E-state index contributed by atoms with van der Waals surface area (Å²) in [6.45, 7) is 3.35. The SMILES string of the molecule is CC(C=O)N(C)C(=O)CCC(=O)NCCOCCOCCCC(=O)O. The standard InChI is InChI=1S/C16H28N2O7/c1-13(12-19)18(2)15(21)6-5-14(20)17-7-9-25-11-10-24-8-3-4-16(22)23/h12-13H,3-11H2,1-2H3,(H,17,20)(H,22,23). The van der Waals surface area contributed by atoms with Crippen molar-refractivity contribution in [2.75, 3.05) is 40.0 Å². The second-order valence-electron chi connectivity index (χ2n) is 5.45. The topological polar surface area (TPSA) is 122 Å². The summed E-state index contributed by atoms with van der Waals surface area (Å²) in [7, 11) is 1.52. The smallest absolute Gasteiger partial charge is 0.303 e. The molecule has 0 aromatic rings. The number of nitrogens with zero attached hydrogens (tertiary/aromatic N) is 1. The summed E-state index contributed by atoms with van der Waals surface area (Å²) >= 11 is 0. The first kappa shape index (κ1) is 23.0. The van der Waals surface area contributed by atoms with Crippen LogP contribution in [0.2, 0.25) is 0 Å². The molecule has 0 heterocycles. The molecule has 0 rings (SSSR count). The van der Waals surface area contributed by atoms with Crippen LogP contribution in [-0.4, -0.2) is 80.1 Å². The van der Waals surface area contributed by atoms with Gasteiger partial charge in [-0.25, -0.2) is 0 Å². The normalized spacial score (nSPS) is 11.6. The highest BCUT2D eigenvalue weighted by Crippen LogP contribution is 1.99. The molecular weight excluding hydrogens is 332 g/mol. The molecule has 0 aliphatic carbocycles. The molecule has 1 unspecified atom stereocenters. The lowest BCUT2D eigenvalue weighted by Gasteiger charge is -2.20. The van der Waals surface area contributed by atoms with E-state index in [4.69, 9.17) is 14.6 Å². The van der Waals surface area contributed by atoms with Gasteiger partial charge in [0.2, 0.25) is 11.8 Å². The molecule has 0 radical (unpaired) electrons. The van der Waals surface area contributed by atoms with E-state index in [0.29, 0.717) is 45.7 Å². The van der Waals surface area contributed by atoms with E-state index in [0.717, 1.165) is 0 Å². The minimum Gasteiger partial charge on any atom is -0.481 e. The van der Waals surface area contributed by atoms with Gasteiger partial charge in [-0.2, -0.15) is 0 Å². The van der Waals surface area contributed by atoms with Crippen LogP contribution in [0.3, 0.4) is 0 Å². The van der Waals surface area contributed by atoms with E-state index in [1.54, 1.807) is 6.92 Å². The van der Waals surface area contributed by atoms with Crippen LogP contribution in [0.15, 0.2) is 0 Å². The molecule has 1 atom stereocenters. The molecule has 0 saturated carbocycles. The molecule has 9 nitrogen and oxygen atoms in total. The van der Waals surface area contributed by atoms with Crippen LogP contribution in [0.1, 0.15) is 32.6 Å². The number of carboxylic acids is 1. The van der Waals surface area contributed by atoms with Crippen LogP contribution in [0.5, 0.6) is 0 Å². The molecule has 9 heteroatoms. The second kappa shape index (κ2) is 14.4. The van der Waals surface area contributed by atoms with E-state index in [2.05, 4.69) is 5.32 Å². The van der Waals surface area contributed by atoms with Crippen LogP contribution >= 0.6 is 0 Å². The van der Waals surface area contributed by atoms with Crippen LogP contribution in [0.25, 0.3) is 0 Å². The summed E-state index contributed by atoms with van der Waals surface area (Å²) in [6.07, 6.45) is 1.32. The average Bonchev–Trinajstić information content (AvgIpc) is 2.59. The maximum atomic E-state index is 11.7. The number of ether oxygens (including phenoxy) is 2. The fraction of sp³-hybridized carbons (Fsp3) is 0.750. The van der Waals surface area contributed by atoms with E-state index in [1.165, 1.54) is 11.9 Å². The highest BCUT2D eigenvalue weighted by molar-refractivity contribution is 5.85. The Balaban J connectivity index is 3.51. The third-order valence-corrected chi connectivity index (χ3v) is 3.39. The third-order valence-electron chi connectivity index (χ3n) is 3.39. The van der Waals surface area contributed by atoms with Crippen molar-refractivity contribution in [1.82, 2.24) is 10.2 Å². The van der Waals surface area contributed by atoms with Crippen molar-refractivity contribution >= 4 is 24.1 Å². The number of aldehydes is 1. The van der Waals surface area contributed by atoms with Crippen molar-refractivity contribution in [3.05, 3.63) is 0 Å². The monoisotopic (exact) mass is 360 g/mol. The fourth-order valence-corrected chi connectivity index (χ4v) is 1.71. The largest absolute Gasteiger partial charge is 0.481 e. The number of rotatable bonds is 15. The first-order chi connectivity index (χ1) is 11.9. The molecule has 0 aliphatic rings. The lowest BCUT2D eigenvalue weighted by atomic mass is 10.2. The molecule has 2 N–H and O–H groups in total. The van der Waals surface area contributed by atoms with Crippen LogP contribution in [-0.2, 0) is 28.7 Å². The number of likely N-dealkylation sites (N-methyl/N-ethyl adjacent to an activating group) is 1. The van der Waals surface area contributed by atoms with Gasteiger partial charge in [0.15, 0.2) is 0 Å². The Morgan fingerprint density at radius 3 is 2.32 bits per heavy atom. The van der Waals surface area contributed by atoms with E-state index >= 15 is 0 Å². The molecule has 0 fully saturated rings. The average molecular weight is 360 g/mol. The number of carboxylic acid groups (broad SMARTS) is 1. The van der Waals surface area contributed by atoms with Gasteiger partial charge in [-0.15, -0.1) is 0 Å². The minimum absolute atomic E-state index is 0.0472. The van der Waals surface area contributed by atoms with Gasteiger partial charge in [0.05, 0.1) is 25.9 Å². The Hall–Kier alpha value is -2.00. The van der Waals surface area contributed by atoms with Crippen molar-refractivity contribution in [1.29, 1.82) is 0 Å². The number of hydrogen-bond acceptors (Lipinski definition) is 6. The number of aliphatic carboxylic acids is 1. The summed E-state index contributed by atoms with van der Waals surface area (Å²) in [5, 5.41) is 11.1. The van der Waals surface area contributed by atoms with Gasteiger partial charge in [-0.1, -0.05) is 0 Å². The van der Waals surface area contributed by atoms with Crippen LogP contribution in [0, 0.1) is 0 Å². The molecule has 2 amide bonds. The highest BCUT2D eigenvalue weighted by Gasteiger charge is 2.15. The van der Waals surface area contributed by atoms with Crippen LogP contribution < -0.4 is 5.32 Å². The summed E-state index contributed by atoms with van der Waals surface area (Å²) in [6, 6.07) is -0.504. The summed E-state index contributed by atoms with van der Waals surface area (Å²) in [5.41, 5.74) is 0. The zero-order valence-electron chi connectivity index (χ0n) is 14.9. The lowest BCUT2D eigenvalue weighted by Crippen LogP contribution is -2.37. The van der Waals surface area contributed by atoms with Gasteiger partial charge < -0.3 is 29.6 Å². The predicted molar refractivity (Wildman–Crippen MR) is 89.0 cm³/mol. The Kier molecular flexibility index (Phi) is 13.2. The lowest BCUT2D eigenvalue weighted by molar-refractivity contribution is -0.137. The zero-order valence-corrected chi connectivity index (χ0v) is 14.9. The first-order valence-corrected chi connectivity index (χ1v) is 8.23. The van der Waals surface area contributed by atoms with Crippen LogP contribution in [0.4, 0.5) is 0 Å². The summed E-state index contributed by atoms with van der Waals surface area (Å²) in [5.74, 6) is -1.36. The van der Waals surface area contributed by atoms with Crippen molar-refractivity contribution in [2.24, 2.45) is 0 Å². The van der Waals surface area contributed by atoms with E-state index in [9.17, 15) is 19.2 Å². The summed E-state index contributed by atoms with van der Waals surface area (Å²) in [4.78, 5) is 45.5. The molecule has 0 aliphatic heterocycles. The van der Waals surface area contributed by atoms with Crippen molar-refractivity contribution in [3.8, 4) is 0 Å². The maximum Gasteiger partial charge on any atom is 0.303 e. The van der Waals surface area contributed by atoms with Crippen molar-refractivity contribution < 1.29 is 33.8 Å². The fourth-order valence-electron chi connectivity index (χ4n) is 1.71.